The lowest BCUT2D eigenvalue weighted by Crippen LogP contribution is -2.19. The molecule has 0 aliphatic heterocycles. The minimum Gasteiger partial charge on any atom is -0.308 e. The van der Waals surface area contributed by atoms with E-state index in [1.165, 1.54) is 33.6 Å². The zero-order valence-electron chi connectivity index (χ0n) is 16.5. The third-order valence-corrected chi connectivity index (χ3v) is 6.69. The van der Waals surface area contributed by atoms with Gasteiger partial charge >= 0.3 is 6.03 Å². The Morgan fingerprint density at radius 3 is 2.81 bits per heavy atom. The molecule has 0 fully saturated rings. The van der Waals surface area contributed by atoms with Crippen LogP contribution in [0.1, 0.15) is 16.8 Å². The molecule has 0 atom stereocenters. The first-order valence-corrected chi connectivity index (χ1v) is 11.3. The van der Waals surface area contributed by atoms with E-state index in [0.29, 0.717) is 37.3 Å². The number of carbonyl (C=O) groups is 1. The zero-order valence-corrected chi connectivity index (χ0v) is 18.9. The SMILES string of the molecule is Cc1ccn2c(=O)cc(CSc3nnc(NC(=O)Nc4ccc(C)c(Cl)c4)s3)nc2c1. The molecule has 0 unspecified atom stereocenters. The number of urea groups is 1. The van der Waals surface area contributed by atoms with Gasteiger partial charge in [0, 0.05) is 28.7 Å². The van der Waals surface area contributed by atoms with Crippen LogP contribution in [0.3, 0.4) is 0 Å². The highest BCUT2D eigenvalue weighted by Crippen LogP contribution is 2.28. The topological polar surface area (TPSA) is 101 Å². The Hall–Kier alpha value is -2.95. The molecule has 8 nitrogen and oxygen atoms in total. The molecule has 158 valence electrons. The number of nitrogens with zero attached hydrogens (tertiary/aromatic N) is 4. The van der Waals surface area contributed by atoms with Crippen LogP contribution in [0.4, 0.5) is 15.6 Å². The summed E-state index contributed by atoms with van der Waals surface area (Å²) >= 11 is 8.71. The number of pyridine rings is 1. The molecule has 0 bridgehead atoms. The van der Waals surface area contributed by atoms with Gasteiger partial charge in [0.25, 0.3) is 5.56 Å². The van der Waals surface area contributed by atoms with Gasteiger partial charge in [-0.3, -0.25) is 14.5 Å². The molecule has 0 radical (unpaired) electrons. The van der Waals surface area contributed by atoms with Gasteiger partial charge in [-0.25, -0.2) is 9.78 Å². The van der Waals surface area contributed by atoms with Gasteiger partial charge in [0.15, 0.2) is 4.34 Å². The molecular formula is C20H17ClN6O2S2. The number of aryl methyl sites for hydroxylation is 2. The maximum absolute atomic E-state index is 12.3. The molecule has 0 aliphatic carbocycles. The standard InChI is InChI=1S/C20H17ClN6O2S2/c1-11-5-6-27-16(7-11)22-14(9-17(27)28)10-30-20-26-25-19(31-20)24-18(29)23-13-4-3-12(2)15(21)8-13/h3-9H,10H2,1-2H3,(H2,23,24,25,29). The quantitative estimate of drug-likeness (QED) is 0.321. The summed E-state index contributed by atoms with van der Waals surface area (Å²) in [7, 11) is 0. The lowest BCUT2D eigenvalue weighted by Gasteiger charge is -2.06. The summed E-state index contributed by atoms with van der Waals surface area (Å²) in [6.07, 6.45) is 1.72. The van der Waals surface area contributed by atoms with E-state index in [0.717, 1.165) is 11.1 Å². The number of nitrogens with one attached hydrogen (secondary N) is 2. The summed E-state index contributed by atoms with van der Waals surface area (Å²) < 4.78 is 2.16. The van der Waals surface area contributed by atoms with Crippen LogP contribution in [0.2, 0.25) is 5.02 Å². The monoisotopic (exact) mass is 472 g/mol. The van der Waals surface area contributed by atoms with Crippen LogP contribution in [0.5, 0.6) is 0 Å². The van der Waals surface area contributed by atoms with Crippen molar-refractivity contribution in [3.63, 3.8) is 0 Å². The normalized spacial score (nSPS) is 10.9. The predicted octanol–water partition coefficient (Wildman–Crippen LogP) is 4.75. The molecule has 4 rings (SSSR count). The fourth-order valence-corrected chi connectivity index (χ4v) is 4.53. The summed E-state index contributed by atoms with van der Waals surface area (Å²) in [6, 6.07) is 10.1. The minimum absolute atomic E-state index is 0.131. The van der Waals surface area contributed by atoms with Gasteiger partial charge in [-0.1, -0.05) is 40.8 Å². The minimum atomic E-state index is -0.438. The van der Waals surface area contributed by atoms with Crippen LogP contribution in [-0.2, 0) is 5.75 Å². The van der Waals surface area contributed by atoms with E-state index in [1.54, 1.807) is 18.3 Å². The van der Waals surface area contributed by atoms with Gasteiger partial charge in [-0.15, -0.1) is 10.2 Å². The Balaban J connectivity index is 1.38. The van der Waals surface area contributed by atoms with Crippen LogP contribution in [0, 0.1) is 13.8 Å². The third kappa shape index (κ3) is 5.22. The van der Waals surface area contributed by atoms with E-state index in [-0.39, 0.29) is 5.56 Å². The average Bonchev–Trinajstić information content (AvgIpc) is 3.16. The molecule has 31 heavy (non-hydrogen) atoms. The molecule has 4 aromatic rings. The van der Waals surface area contributed by atoms with Crippen molar-refractivity contribution in [2.45, 2.75) is 23.9 Å². The van der Waals surface area contributed by atoms with E-state index in [2.05, 4.69) is 25.8 Å². The van der Waals surface area contributed by atoms with Crippen LogP contribution in [0.25, 0.3) is 5.65 Å². The van der Waals surface area contributed by atoms with Crippen molar-refractivity contribution in [2.75, 3.05) is 10.6 Å². The van der Waals surface area contributed by atoms with Crippen molar-refractivity contribution in [2.24, 2.45) is 0 Å². The number of halogens is 1. The Morgan fingerprint density at radius 2 is 2.00 bits per heavy atom. The number of fused-ring (bicyclic) bond motifs is 1. The third-order valence-electron chi connectivity index (χ3n) is 4.28. The molecule has 11 heteroatoms. The van der Waals surface area contributed by atoms with Gasteiger partial charge in [0.1, 0.15) is 5.65 Å². The van der Waals surface area contributed by atoms with E-state index in [4.69, 9.17) is 11.6 Å². The largest absolute Gasteiger partial charge is 0.325 e. The number of amides is 2. The van der Waals surface area contributed by atoms with Gasteiger partial charge in [0.05, 0.1) is 5.69 Å². The molecule has 2 N–H and O–H groups in total. The summed E-state index contributed by atoms with van der Waals surface area (Å²) in [5, 5.41) is 14.3. The Morgan fingerprint density at radius 1 is 1.16 bits per heavy atom. The number of aromatic nitrogens is 4. The first-order valence-electron chi connectivity index (χ1n) is 9.17. The number of hydrogen-bond acceptors (Lipinski definition) is 7. The van der Waals surface area contributed by atoms with Crippen LogP contribution >= 0.6 is 34.7 Å². The molecule has 3 heterocycles. The van der Waals surface area contributed by atoms with Crippen LogP contribution in [0.15, 0.2) is 51.7 Å². The second kappa shape index (κ2) is 9.04. The number of rotatable bonds is 5. The van der Waals surface area contributed by atoms with E-state index >= 15 is 0 Å². The maximum atomic E-state index is 12.3. The maximum Gasteiger partial charge on any atom is 0.325 e. The van der Waals surface area contributed by atoms with Gasteiger partial charge in [-0.2, -0.15) is 0 Å². The fraction of sp³-hybridized carbons (Fsp3) is 0.150. The Bertz CT molecular complexity index is 1340. The van der Waals surface area contributed by atoms with Crippen molar-refractivity contribution in [3.05, 3.63) is 74.8 Å². The predicted molar refractivity (Wildman–Crippen MR) is 124 cm³/mol. The summed E-state index contributed by atoms with van der Waals surface area (Å²) in [4.78, 5) is 29.0. The van der Waals surface area contributed by atoms with Crippen molar-refractivity contribution in [1.29, 1.82) is 0 Å². The van der Waals surface area contributed by atoms with Crippen LogP contribution < -0.4 is 16.2 Å². The number of benzene rings is 1. The van der Waals surface area contributed by atoms with Gasteiger partial charge < -0.3 is 5.32 Å². The molecule has 0 saturated heterocycles. The Kier molecular flexibility index (Phi) is 6.21. The molecular weight excluding hydrogens is 456 g/mol. The van der Waals surface area contributed by atoms with Gasteiger partial charge in [0.2, 0.25) is 5.13 Å². The summed E-state index contributed by atoms with van der Waals surface area (Å²) in [5.41, 5.74) is 3.67. The van der Waals surface area contributed by atoms with Crippen LogP contribution in [-0.4, -0.2) is 25.6 Å². The second-order valence-corrected chi connectivity index (χ2v) is 9.33. The van der Waals surface area contributed by atoms with E-state index in [9.17, 15) is 9.59 Å². The van der Waals surface area contributed by atoms with Crippen molar-refractivity contribution in [1.82, 2.24) is 19.6 Å². The lowest BCUT2D eigenvalue weighted by atomic mass is 10.2. The van der Waals surface area contributed by atoms with E-state index in [1.807, 2.05) is 32.0 Å². The smallest absolute Gasteiger partial charge is 0.308 e. The first-order chi connectivity index (χ1) is 14.9. The number of hydrogen-bond donors (Lipinski definition) is 2. The zero-order chi connectivity index (χ0) is 22.0. The molecule has 2 amide bonds. The molecule has 0 spiro atoms. The molecule has 3 aromatic heterocycles. The van der Waals surface area contributed by atoms with Crippen molar-refractivity contribution in [3.8, 4) is 0 Å². The summed E-state index contributed by atoms with van der Waals surface area (Å²) in [5.74, 6) is 0.461. The fourth-order valence-electron chi connectivity index (χ4n) is 2.71. The van der Waals surface area contributed by atoms with Crippen molar-refractivity contribution >= 4 is 57.2 Å². The highest BCUT2D eigenvalue weighted by atomic mass is 35.5. The Labute approximate surface area is 190 Å². The molecule has 0 saturated carbocycles. The number of thioether (sulfide) groups is 1. The highest BCUT2D eigenvalue weighted by Gasteiger charge is 2.11. The summed E-state index contributed by atoms with van der Waals surface area (Å²) in [6.45, 7) is 3.84. The van der Waals surface area contributed by atoms with E-state index < -0.39 is 6.03 Å². The lowest BCUT2D eigenvalue weighted by molar-refractivity contribution is 0.262. The number of carbonyl (C=O) groups excluding carboxylic acids is 1. The van der Waals surface area contributed by atoms with Crippen molar-refractivity contribution < 1.29 is 4.79 Å². The van der Waals surface area contributed by atoms with Gasteiger partial charge in [-0.05, 0) is 49.2 Å². The highest BCUT2D eigenvalue weighted by molar-refractivity contribution is 8.00. The molecule has 1 aromatic carbocycles. The first kappa shape index (κ1) is 21.3. The number of anilines is 2. The second-order valence-electron chi connectivity index (χ2n) is 6.72. The average molecular weight is 473 g/mol. The molecule has 0 aliphatic rings.